The summed E-state index contributed by atoms with van der Waals surface area (Å²) in [5.74, 6) is -0.141. The first-order valence-electron chi connectivity index (χ1n) is 10.4. The zero-order valence-corrected chi connectivity index (χ0v) is 17.2. The van der Waals surface area contributed by atoms with E-state index in [0.717, 1.165) is 17.7 Å². The molecule has 1 N–H and O–H groups in total. The third kappa shape index (κ3) is 4.43. The van der Waals surface area contributed by atoms with E-state index in [4.69, 9.17) is 0 Å². The summed E-state index contributed by atoms with van der Waals surface area (Å²) in [6, 6.07) is 8.48. The third-order valence-corrected chi connectivity index (χ3v) is 6.17. The molecule has 0 bridgehead atoms. The molecule has 1 saturated heterocycles. The Balaban J connectivity index is 1.43. The smallest absolute Gasteiger partial charge is 0.341 e. The molecule has 164 valence electrons. The van der Waals surface area contributed by atoms with Crippen LogP contribution in [-0.2, 0) is 21.2 Å². The fraction of sp³-hybridized carbons (Fsp3) is 0.435. The molecule has 1 aliphatic heterocycles. The number of halogens is 3. The number of benzene rings is 1. The van der Waals surface area contributed by atoms with Gasteiger partial charge in [0.1, 0.15) is 5.82 Å². The van der Waals surface area contributed by atoms with Gasteiger partial charge in [-0.25, -0.2) is 4.98 Å². The Bertz CT molecular complexity index is 967. The molecule has 2 amide bonds. The molecule has 2 aliphatic rings. The minimum atomic E-state index is -4.40. The highest BCUT2D eigenvalue weighted by Gasteiger charge is 2.53. The maximum atomic E-state index is 13.3. The number of nitrogens with zero attached hydrogens (tertiary/aromatic N) is 2. The standard InChI is InChI=1S/C23H24F3N3O2/c1-15-4-9-19(27-13-15)28-20(30)16-3-2-12-29(14-16)21(31)22(10-11-22)17-5-7-18(8-6-17)23(24,25)26/h4-9,13,16H,2-3,10-12,14H2,1H3,(H,27,28,30). The minimum Gasteiger partial charge on any atom is -0.341 e. The zero-order valence-electron chi connectivity index (χ0n) is 17.2. The van der Waals surface area contributed by atoms with Crippen molar-refractivity contribution in [3.63, 3.8) is 0 Å². The van der Waals surface area contributed by atoms with E-state index in [0.29, 0.717) is 50.2 Å². The number of aromatic nitrogens is 1. The number of aryl methyl sites for hydroxylation is 1. The summed E-state index contributed by atoms with van der Waals surface area (Å²) in [6.07, 6.45) is -0.134. The van der Waals surface area contributed by atoms with Crippen molar-refractivity contribution in [3.05, 3.63) is 59.3 Å². The quantitative estimate of drug-likeness (QED) is 0.785. The van der Waals surface area contributed by atoms with Crippen molar-refractivity contribution < 1.29 is 22.8 Å². The molecule has 1 aliphatic carbocycles. The van der Waals surface area contributed by atoms with Crippen LogP contribution in [0.1, 0.15) is 42.4 Å². The van der Waals surface area contributed by atoms with Gasteiger partial charge in [0.25, 0.3) is 0 Å². The maximum Gasteiger partial charge on any atom is 0.416 e. The first-order chi connectivity index (χ1) is 14.7. The zero-order chi connectivity index (χ0) is 22.2. The number of nitrogens with one attached hydrogen (secondary N) is 1. The van der Waals surface area contributed by atoms with Crippen molar-refractivity contribution in [2.75, 3.05) is 18.4 Å². The highest BCUT2D eigenvalue weighted by molar-refractivity contribution is 5.94. The van der Waals surface area contributed by atoms with Crippen molar-refractivity contribution in [2.24, 2.45) is 5.92 Å². The van der Waals surface area contributed by atoms with Gasteiger partial charge in [-0.15, -0.1) is 0 Å². The largest absolute Gasteiger partial charge is 0.416 e. The number of hydrogen-bond donors (Lipinski definition) is 1. The van der Waals surface area contributed by atoms with Crippen molar-refractivity contribution in [2.45, 2.75) is 44.2 Å². The number of alkyl halides is 3. The van der Waals surface area contributed by atoms with Crippen LogP contribution >= 0.6 is 0 Å². The van der Waals surface area contributed by atoms with E-state index >= 15 is 0 Å². The molecule has 1 atom stereocenters. The van der Waals surface area contributed by atoms with E-state index in [9.17, 15) is 22.8 Å². The maximum absolute atomic E-state index is 13.3. The van der Waals surface area contributed by atoms with Crippen molar-refractivity contribution in [1.29, 1.82) is 0 Å². The first-order valence-corrected chi connectivity index (χ1v) is 10.4. The van der Waals surface area contributed by atoms with E-state index in [2.05, 4.69) is 10.3 Å². The van der Waals surface area contributed by atoms with Crippen molar-refractivity contribution >= 4 is 17.6 Å². The van der Waals surface area contributed by atoms with Gasteiger partial charge in [-0.2, -0.15) is 13.2 Å². The van der Waals surface area contributed by atoms with Crippen molar-refractivity contribution in [3.8, 4) is 0 Å². The molecule has 0 spiro atoms. The average molecular weight is 431 g/mol. The Morgan fingerprint density at radius 2 is 1.84 bits per heavy atom. The topological polar surface area (TPSA) is 62.3 Å². The highest BCUT2D eigenvalue weighted by Crippen LogP contribution is 2.50. The number of amides is 2. The van der Waals surface area contributed by atoms with E-state index in [1.54, 1.807) is 17.2 Å². The van der Waals surface area contributed by atoms with Crippen LogP contribution < -0.4 is 5.32 Å². The van der Waals surface area contributed by atoms with Crippen LogP contribution in [0, 0.1) is 12.8 Å². The van der Waals surface area contributed by atoms with Gasteiger partial charge >= 0.3 is 6.18 Å². The van der Waals surface area contributed by atoms with Crippen LogP contribution in [0.15, 0.2) is 42.6 Å². The molecule has 4 rings (SSSR count). The normalized spacial score (nSPS) is 20.3. The van der Waals surface area contributed by atoms with E-state index < -0.39 is 17.2 Å². The molecular formula is C23H24F3N3O2. The molecule has 31 heavy (non-hydrogen) atoms. The van der Waals surface area contributed by atoms with Crippen LogP contribution in [0.2, 0.25) is 0 Å². The Morgan fingerprint density at radius 3 is 2.42 bits per heavy atom. The molecule has 1 unspecified atom stereocenters. The van der Waals surface area contributed by atoms with Gasteiger partial charge in [-0.1, -0.05) is 18.2 Å². The number of anilines is 1. The molecule has 1 aromatic carbocycles. The van der Waals surface area contributed by atoms with Crippen LogP contribution in [0.5, 0.6) is 0 Å². The van der Waals surface area contributed by atoms with E-state index in [1.807, 2.05) is 13.0 Å². The number of rotatable bonds is 4. The lowest BCUT2D eigenvalue weighted by Crippen LogP contribution is -2.47. The lowest BCUT2D eigenvalue weighted by molar-refractivity contribution is -0.137. The number of hydrogen-bond acceptors (Lipinski definition) is 3. The Kier molecular flexibility index (Phi) is 5.49. The van der Waals surface area contributed by atoms with Gasteiger partial charge in [-0.05, 0) is 61.9 Å². The monoisotopic (exact) mass is 431 g/mol. The summed E-state index contributed by atoms with van der Waals surface area (Å²) in [5, 5.41) is 2.81. The predicted octanol–water partition coefficient (Wildman–Crippen LogP) is 4.32. The number of pyridine rings is 1. The summed E-state index contributed by atoms with van der Waals surface area (Å²) < 4.78 is 38.6. The van der Waals surface area contributed by atoms with Crippen LogP contribution in [0.3, 0.4) is 0 Å². The average Bonchev–Trinajstić information content (AvgIpc) is 3.56. The van der Waals surface area contributed by atoms with Gasteiger partial charge in [0, 0.05) is 19.3 Å². The van der Waals surface area contributed by atoms with Gasteiger partial charge in [0.2, 0.25) is 11.8 Å². The molecule has 2 aromatic rings. The minimum absolute atomic E-state index is 0.0989. The predicted molar refractivity (Wildman–Crippen MR) is 109 cm³/mol. The SMILES string of the molecule is Cc1ccc(NC(=O)C2CCCN(C(=O)C3(c4ccc(C(F)(F)F)cc4)CC3)C2)nc1. The van der Waals surface area contributed by atoms with Crippen LogP contribution in [-0.4, -0.2) is 34.8 Å². The second-order valence-corrected chi connectivity index (χ2v) is 8.46. The fourth-order valence-electron chi connectivity index (χ4n) is 4.18. The Labute approximate surface area is 178 Å². The van der Waals surface area contributed by atoms with Gasteiger partial charge < -0.3 is 10.2 Å². The van der Waals surface area contributed by atoms with Gasteiger partial charge in [-0.3, -0.25) is 9.59 Å². The molecule has 2 heterocycles. The summed E-state index contributed by atoms with van der Waals surface area (Å²) in [4.78, 5) is 31.9. The van der Waals surface area contributed by atoms with Gasteiger partial charge in [0.05, 0.1) is 16.9 Å². The lowest BCUT2D eigenvalue weighted by atomic mass is 9.90. The summed E-state index contributed by atoms with van der Waals surface area (Å²) in [7, 11) is 0. The van der Waals surface area contributed by atoms with Gasteiger partial charge in [0.15, 0.2) is 0 Å². The van der Waals surface area contributed by atoms with Crippen molar-refractivity contribution in [1.82, 2.24) is 9.88 Å². The molecule has 0 radical (unpaired) electrons. The molecule has 2 fully saturated rings. The highest BCUT2D eigenvalue weighted by atomic mass is 19.4. The van der Waals surface area contributed by atoms with Crippen LogP contribution in [0.4, 0.5) is 19.0 Å². The second kappa shape index (κ2) is 7.98. The molecule has 5 nitrogen and oxygen atoms in total. The fourth-order valence-corrected chi connectivity index (χ4v) is 4.18. The molecule has 1 aromatic heterocycles. The Morgan fingerprint density at radius 1 is 1.13 bits per heavy atom. The summed E-state index contributed by atoms with van der Waals surface area (Å²) in [6.45, 7) is 2.76. The first kappa shape index (κ1) is 21.3. The number of piperidine rings is 1. The van der Waals surface area contributed by atoms with E-state index in [-0.39, 0.29) is 17.7 Å². The van der Waals surface area contributed by atoms with E-state index in [1.165, 1.54) is 12.1 Å². The second-order valence-electron chi connectivity index (χ2n) is 8.46. The number of carbonyl (C=O) groups is 2. The summed E-state index contributed by atoms with van der Waals surface area (Å²) in [5.41, 5.74) is 0.117. The molecule has 1 saturated carbocycles. The molecular weight excluding hydrogens is 407 g/mol. The number of carbonyl (C=O) groups excluding carboxylic acids is 2. The third-order valence-electron chi connectivity index (χ3n) is 6.17. The number of likely N-dealkylation sites (tertiary alicyclic amines) is 1. The lowest BCUT2D eigenvalue weighted by Gasteiger charge is -2.34. The van der Waals surface area contributed by atoms with Crippen LogP contribution in [0.25, 0.3) is 0 Å². The Hall–Kier alpha value is -2.90. The summed E-state index contributed by atoms with van der Waals surface area (Å²) >= 11 is 0. The molecule has 8 heteroatoms.